The fraction of sp³-hybridized carbons (Fsp3) is 0.100. The third kappa shape index (κ3) is 3.90. The van der Waals surface area contributed by atoms with Crippen LogP contribution in [-0.4, -0.2) is 16.1 Å². The fourth-order valence-electron chi connectivity index (χ4n) is 2.71. The lowest BCUT2D eigenvalue weighted by atomic mass is 10.1. The maximum Gasteiger partial charge on any atom is 0.337 e. The third-order valence-electron chi connectivity index (χ3n) is 4.19. The summed E-state index contributed by atoms with van der Waals surface area (Å²) in [6, 6.07) is 12.4. The Labute approximate surface area is 173 Å². The number of carbonyl (C=O) groups is 1. The first kappa shape index (κ1) is 19.2. The number of nitrogens with zero attached hydrogens (tertiary/aromatic N) is 3. The van der Waals surface area contributed by atoms with E-state index >= 15 is 0 Å². The number of hydrogen-bond acceptors (Lipinski definition) is 6. The van der Waals surface area contributed by atoms with Crippen molar-refractivity contribution in [1.29, 1.82) is 0 Å². The summed E-state index contributed by atoms with van der Waals surface area (Å²) in [4.78, 5) is 15.4. The van der Waals surface area contributed by atoms with Gasteiger partial charge in [-0.3, -0.25) is 0 Å². The lowest BCUT2D eigenvalue weighted by Crippen LogP contribution is -1.97. The summed E-state index contributed by atoms with van der Waals surface area (Å²) in [6.07, 6.45) is 0. The highest BCUT2D eigenvalue weighted by Gasteiger charge is 2.15. The average Bonchev–Trinajstić information content (AvgIpc) is 3.34. The smallest absolute Gasteiger partial charge is 0.337 e. The van der Waals surface area contributed by atoms with Gasteiger partial charge in [-0.15, -0.1) is 5.11 Å². The van der Waals surface area contributed by atoms with Crippen LogP contribution < -0.4 is 0 Å². The highest BCUT2D eigenvalue weighted by molar-refractivity contribution is 7.21. The van der Waals surface area contributed by atoms with Gasteiger partial charge in [0.1, 0.15) is 28.9 Å². The molecule has 0 saturated carbocycles. The minimum absolute atomic E-state index is 0.00193. The van der Waals surface area contributed by atoms with Crippen LogP contribution in [0.2, 0.25) is 5.02 Å². The Hall–Kier alpha value is -3.10. The summed E-state index contributed by atoms with van der Waals surface area (Å²) in [5, 5.41) is 18.0. The van der Waals surface area contributed by atoms with E-state index in [1.807, 2.05) is 0 Å². The van der Waals surface area contributed by atoms with Crippen LogP contribution >= 0.6 is 22.9 Å². The zero-order chi connectivity index (χ0) is 20.5. The molecule has 1 unspecified atom stereocenters. The van der Waals surface area contributed by atoms with Crippen LogP contribution in [0.3, 0.4) is 0 Å². The second kappa shape index (κ2) is 7.73. The summed E-state index contributed by atoms with van der Waals surface area (Å²) >= 11 is 7.15. The number of rotatable bonds is 5. The molecule has 0 radical (unpaired) electrons. The average molecular weight is 430 g/mol. The molecule has 2 aromatic heterocycles. The van der Waals surface area contributed by atoms with Crippen molar-refractivity contribution in [2.24, 2.45) is 10.2 Å². The summed E-state index contributed by atoms with van der Waals surface area (Å²) < 4.78 is 20.2. The van der Waals surface area contributed by atoms with Crippen molar-refractivity contribution in [2.45, 2.75) is 13.0 Å². The van der Waals surface area contributed by atoms with E-state index in [0.29, 0.717) is 26.9 Å². The molecule has 0 saturated heterocycles. The monoisotopic (exact) mass is 429 g/mol. The number of aromatic carboxylic acids is 1. The van der Waals surface area contributed by atoms with Crippen LogP contribution in [0, 0.1) is 5.82 Å². The van der Waals surface area contributed by atoms with Crippen molar-refractivity contribution in [3.05, 3.63) is 70.7 Å². The topological polar surface area (TPSA) is 88.0 Å². The molecule has 1 N–H and O–H groups in total. The van der Waals surface area contributed by atoms with E-state index in [4.69, 9.17) is 16.0 Å². The second-order valence-corrected chi connectivity index (χ2v) is 7.59. The van der Waals surface area contributed by atoms with E-state index in [1.165, 1.54) is 29.5 Å². The molecule has 0 amide bonds. The first-order valence-electron chi connectivity index (χ1n) is 8.51. The number of para-hydroxylation sites is 1. The molecule has 9 heteroatoms. The molecule has 4 aromatic rings. The second-order valence-electron chi connectivity index (χ2n) is 6.18. The van der Waals surface area contributed by atoms with Crippen LogP contribution in [0.1, 0.15) is 29.1 Å². The molecular weight excluding hydrogens is 417 g/mol. The molecule has 6 nitrogen and oxygen atoms in total. The Morgan fingerprint density at radius 3 is 2.86 bits per heavy atom. The van der Waals surface area contributed by atoms with Crippen molar-refractivity contribution in [2.75, 3.05) is 0 Å². The van der Waals surface area contributed by atoms with Crippen LogP contribution in [0.5, 0.6) is 0 Å². The molecule has 0 bridgehead atoms. The van der Waals surface area contributed by atoms with Gasteiger partial charge in [-0.25, -0.2) is 14.2 Å². The third-order valence-corrected chi connectivity index (χ3v) is 5.43. The molecule has 0 aliphatic carbocycles. The Kier molecular flexibility index (Phi) is 5.12. The molecule has 29 heavy (non-hydrogen) atoms. The number of carboxylic acid groups (broad SMARTS) is 1. The van der Waals surface area contributed by atoms with Crippen molar-refractivity contribution in [3.63, 3.8) is 0 Å². The van der Waals surface area contributed by atoms with E-state index < -0.39 is 17.8 Å². The van der Waals surface area contributed by atoms with Crippen LogP contribution in [0.25, 0.3) is 21.5 Å². The van der Waals surface area contributed by atoms with Gasteiger partial charge < -0.3 is 9.52 Å². The van der Waals surface area contributed by atoms with Crippen LogP contribution in [0.4, 0.5) is 9.52 Å². The van der Waals surface area contributed by atoms with Gasteiger partial charge in [0, 0.05) is 5.56 Å². The number of hydrogen-bond donors (Lipinski definition) is 1. The van der Waals surface area contributed by atoms with E-state index in [1.54, 1.807) is 37.3 Å². The molecule has 0 fully saturated rings. The molecule has 0 aliphatic rings. The van der Waals surface area contributed by atoms with Crippen molar-refractivity contribution < 1.29 is 18.7 Å². The number of benzene rings is 2. The van der Waals surface area contributed by atoms with Gasteiger partial charge in [-0.05, 0) is 49.4 Å². The van der Waals surface area contributed by atoms with E-state index in [9.17, 15) is 14.3 Å². The van der Waals surface area contributed by atoms with Gasteiger partial charge in [0.25, 0.3) is 0 Å². The lowest BCUT2D eigenvalue weighted by Gasteiger charge is -2.03. The summed E-state index contributed by atoms with van der Waals surface area (Å²) in [5.74, 6) is -0.475. The minimum atomic E-state index is -1.11. The molecule has 0 aliphatic heterocycles. The predicted molar refractivity (Wildman–Crippen MR) is 109 cm³/mol. The van der Waals surface area contributed by atoms with Crippen LogP contribution in [-0.2, 0) is 0 Å². The zero-order valence-corrected chi connectivity index (χ0v) is 16.5. The first-order valence-corrected chi connectivity index (χ1v) is 9.70. The normalized spacial score (nSPS) is 12.7. The van der Waals surface area contributed by atoms with Crippen molar-refractivity contribution in [3.8, 4) is 11.3 Å². The molecule has 146 valence electrons. The number of furan rings is 1. The highest BCUT2D eigenvalue weighted by atomic mass is 35.5. The number of azo groups is 1. The van der Waals surface area contributed by atoms with Gasteiger partial charge in [-0.1, -0.05) is 29.0 Å². The molecule has 0 spiro atoms. The first-order chi connectivity index (χ1) is 13.9. The number of aromatic nitrogens is 1. The highest BCUT2D eigenvalue weighted by Crippen LogP contribution is 2.32. The van der Waals surface area contributed by atoms with Gasteiger partial charge in [-0.2, -0.15) is 5.11 Å². The van der Waals surface area contributed by atoms with Crippen molar-refractivity contribution in [1.82, 2.24) is 4.98 Å². The number of thiazole rings is 1. The molecule has 1 atom stereocenters. The largest absolute Gasteiger partial charge is 0.478 e. The fourth-order valence-corrected chi connectivity index (χ4v) is 3.72. The van der Waals surface area contributed by atoms with E-state index in [2.05, 4.69) is 15.2 Å². The summed E-state index contributed by atoms with van der Waals surface area (Å²) in [5.41, 5.74) is 0.859. The standard InChI is InChI=1S/C20H13ClFN3O3S/c1-10(24-25-20-23-18-14(22)3-2-4-17(18)29-20)15-7-8-16(28-15)11-5-6-13(21)12(9-11)19(26)27/h2-10H,1H3,(H,26,27). The maximum absolute atomic E-state index is 13.7. The Balaban J connectivity index is 1.56. The van der Waals surface area contributed by atoms with Crippen molar-refractivity contribution >= 4 is 44.3 Å². The minimum Gasteiger partial charge on any atom is -0.478 e. The Morgan fingerprint density at radius 2 is 2.10 bits per heavy atom. The van der Waals surface area contributed by atoms with Gasteiger partial charge >= 0.3 is 5.97 Å². The lowest BCUT2D eigenvalue weighted by molar-refractivity contribution is 0.0697. The van der Waals surface area contributed by atoms with Gasteiger partial charge in [0.2, 0.25) is 5.13 Å². The zero-order valence-electron chi connectivity index (χ0n) is 15.0. The van der Waals surface area contributed by atoms with Gasteiger partial charge in [0.05, 0.1) is 15.3 Å². The SMILES string of the molecule is CC(N=Nc1nc2c(F)cccc2s1)c1ccc(-c2ccc(Cl)c(C(=O)O)c2)o1. The Morgan fingerprint density at radius 1 is 1.28 bits per heavy atom. The summed E-state index contributed by atoms with van der Waals surface area (Å²) in [6.45, 7) is 1.80. The van der Waals surface area contributed by atoms with E-state index in [-0.39, 0.29) is 16.1 Å². The number of fused-ring (bicyclic) bond motifs is 1. The molecule has 4 rings (SSSR count). The maximum atomic E-state index is 13.7. The quantitative estimate of drug-likeness (QED) is 0.350. The molecule has 2 heterocycles. The van der Waals surface area contributed by atoms with Gasteiger partial charge in [0.15, 0.2) is 0 Å². The predicted octanol–water partition coefficient (Wildman–Crippen LogP) is 6.89. The molecular formula is C20H13ClFN3O3S. The summed E-state index contributed by atoms with van der Waals surface area (Å²) in [7, 11) is 0. The van der Waals surface area contributed by atoms with Crippen LogP contribution in [0.15, 0.2) is 63.2 Å². The number of carboxylic acids is 1. The molecule has 2 aromatic carbocycles. The Bertz CT molecular complexity index is 1250. The number of halogens is 2. The van der Waals surface area contributed by atoms with E-state index in [0.717, 1.165) is 0 Å².